The molecule has 0 aromatic heterocycles. The second kappa shape index (κ2) is 5.73. The van der Waals surface area contributed by atoms with Crippen molar-refractivity contribution in [2.75, 3.05) is 26.3 Å². The van der Waals surface area contributed by atoms with E-state index in [1.807, 2.05) is 30.3 Å². The van der Waals surface area contributed by atoms with E-state index in [0.29, 0.717) is 26.2 Å². The van der Waals surface area contributed by atoms with Crippen LogP contribution in [-0.4, -0.2) is 49.1 Å². The molecule has 20 heavy (non-hydrogen) atoms. The molecule has 1 aromatic rings. The number of hydrogen-bond donors (Lipinski definition) is 1. The molecular weight excluding hydrogens is 256 g/mol. The molecular formula is C15H19N2O3+. The van der Waals surface area contributed by atoms with E-state index in [2.05, 4.69) is 0 Å². The minimum Gasteiger partial charge on any atom is -0.370 e. The number of morpholine rings is 1. The quantitative estimate of drug-likeness (QED) is 0.737. The van der Waals surface area contributed by atoms with Crippen LogP contribution in [0.4, 0.5) is 0 Å². The zero-order chi connectivity index (χ0) is 13.9. The van der Waals surface area contributed by atoms with Crippen LogP contribution >= 0.6 is 0 Å². The van der Waals surface area contributed by atoms with Gasteiger partial charge in [0, 0.05) is 0 Å². The second-order valence-corrected chi connectivity index (χ2v) is 5.33. The molecule has 2 saturated heterocycles. The number of nitrogens with zero attached hydrogens (tertiary/aromatic N) is 1. The molecule has 2 amide bonds. The fraction of sp³-hybridized carbons (Fsp3) is 0.467. The summed E-state index contributed by atoms with van der Waals surface area (Å²) < 4.78 is 5.31. The minimum absolute atomic E-state index is 0.0317. The van der Waals surface area contributed by atoms with Crippen molar-refractivity contribution in [1.29, 1.82) is 0 Å². The van der Waals surface area contributed by atoms with Crippen LogP contribution in [0.15, 0.2) is 30.3 Å². The molecule has 3 rings (SSSR count). The Morgan fingerprint density at radius 1 is 1.15 bits per heavy atom. The van der Waals surface area contributed by atoms with Crippen molar-refractivity contribution in [1.82, 2.24) is 4.90 Å². The third-order valence-electron chi connectivity index (χ3n) is 4.06. The highest BCUT2D eigenvalue weighted by Crippen LogP contribution is 2.15. The molecule has 1 N–H and O–H groups in total. The van der Waals surface area contributed by atoms with E-state index < -0.39 is 0 Å². The highest BCUT2D eigenvalue weighted by atomic mass is 16.5. The van der Waals surface area contributed by atoms with Gasteiger partial charge in [-0.3, -0.25) is 14.5 Å². The first-order chi connectivity index (χ1) is 9.75. The summed E-state index contributed by atoms with van der Waals surface area (Å²) in [5.41, 5.74) is 0.992. The van der Waals surface area contributed by atoms with Gasteiger partial charge in [-0.15, -0.1) is 0 Å². The standard InChI is InChI=1S/C15H18N2O3/c18-14-10-13(16-6-8-20-9-7-16)15(19)17(14)11-12-4-2-1-3-5-12/h1-5,13H,6-11H2/p+1/t13-/m0/s1. The Morgan fingerprint density at radius 3 is 2.55 bits per heavy atom. The number of imide groups is 1. The lowest BCUT2D eigenvalue weighted by atomic mass is 10.2. The van der Waals surface area contributed by atoms with Crippen molar-refractivity contribution in [2.45, 2.75) is 19.0 Å². The Labute approximate surface area is 118 Å². The highest BCUT2D eigenvalue weighted by molar-refractivity contribution is 6.04. The van der Waals surface area contributed by atoms with E-state index in [4.69, 9.17) is 4.74 Å². The van der Waals surface area contributed by atoms with Crippen molar-refractivity contribution in [2.24, 2.45) is 0 Å². The zero-order valence-corrected chi connectivity index (χ0v) is 11.4. The maximum Gasteiger partial charge on any atom is 0.288 e. The first-order valence-corrected chi connectivity index (χ1v) is 7.06. The van der Waals surface area contributed by atoms with Crippen LogP contribution in [-0.2, 0) is 20.9 Å². The minimum atomic E-state index is -0.213. The number of carbonyl (C=O) groups is 2. The van der Waals surface area contributed by atoms with Gasteiger partial charge < -0.3 is 9.64 Å². The van der Waals surface area contributed by atoms with Crippen LogP contribution in [0.1, 0.15) is 12.0 Å². The second-order valence-electron chi connectivity index (χ2n) is 5.33. The van der Waals surface area contributed by atoms with Gasteiger partial charge in [0.2, 0.25) is 5.91 Å². The molecule has 0 spiro atoms. The molecule has 2 fully saturated rings. The lowest BCUT2D eigenvalue weighted by molar-refractivity contribution is -0.922. The number of amides is 2. The van der Waals surface area contributed by atoms with Crippen molar-refractivity contribution in [3.63, 3.8) is 0 Å². The SMILES string of the molecule is O=C1C[C@H]([NH+]2CCOCC2)C(=O)N1Cc1ccccc1. The van der Waals surface area contributed by atoms with Crippen molar-refractivity contribution in [3.8, 4) is 0 Å². The van der Waals surface area contributed by atoms with E-state index in [1.165, 1.54) is 9.80 Å². The molecule has 106 valence electrons. The van der Waals surface area contributed by atoms with Gasteiger partial charge in [-0.05, 0) is 5.56 Å². The fourth-order valence-electron chi connectivity index (χ4n) is 2.92. The topological polar surface area (TPSA) is 51.1 Å². The van der Waals surface area contributed by atoms with E-state index >= 15 is 0 Å². The number of nitrogens with one attached hydrogen (secondary N) is 1. The van der Waals surface area contributed by atoms with Crippen LogP contribution in [0.25, 0.3) is 0 Å². The summed E-state index contributed by atoms with van der Waals surface area (Å²) in [4.78, 5) is 27.2. The normalized spacial score (nSPS) is 24.4. The molecule has 5 nitrogen and oxygen atoms in total. The lowest BCUT2D eigenvalue weighted by Crippen LogP contribution is -3.18. The number of quaternary nitrogens is 1. The molecule has 2 aliphatic heterocycles. The lowest BCUT2D eigenvalue weighted by Gasteiger charge is -2.27. The third-order valence-corrected chi connectivity index (χ3v) is 4.06. The summed E-state index contributed by atoms with van der Waals surface area (Å²) in [7, 11) is 0. The first kappa shape index (κ1) is 13.3. The summed E-state index contributed by atoms with van der Waals surface area (Å²) in [6.07, 6.45) is 0.334. The first-order valence-electron chi connectivity index (χ1n) is 7.06. The van der Waals surface area contributed by atoms with Gasteiger partial charge in [0.15, 0.2) is 6.04 Å². The van der Waals surface area contributed by atoms with Gasteiger partial charge in [0.1, 0.15) is 13.1 Å². The van der Waals surface area contributed by atoms with Crippen molar-refractivity contribution >= 4 is 11.8 Å². The van der Waals surface area contributed by atoms with Gasteiger partial charge in [-0.1, -0.05) is 30.3 Å². The van der Waals surface area contributed by atoms with Crippen LogP contribution in [0, 0.1) is 0 Å². The van der Waals surface area contributed by atoms with Gasteiger partial charge >= 0.3 is 0 Å². The molecule has 0 unspecified atom stereocenters. The Balaban J connectivity index is 1.70. The summed E-state index contributed by atoms with van der Waals surface area (Å²) in [6.45, 7) is 3.35. The average Bonchev–Trinajstić information content (AvgIpc) is 2.77. The summed E-state index contributed by atoms with van der Waals surface area (Å²) in [6, 6.07) is 9.44. The number of carbonyl (C=O) groups excluding carboxylic acids is 2. The zero-order valence-electron chi connectivity index (χ0n) is 11.4. The molecule has 1 aromatic carbocycles. The molecule has 0 aliphatic carbocycles. The molecule has 2 heterocycles. The molecule has 5 heteroatoms. The van der Waals surface area contributed by atoms with Crippen molar-refractivity contribution < 1.29 is 19.2 Å². The van der Waals surface area contributed by atoms with Crippen LogP contribution in [0.2, 0.25) is 0 Å². The number of benzene rings is 1. The smallest absolute Gasteiger partial charge is 0.288 e. The van der Waals surface area contributed by atoms with E-state index in [9.17, 15) is 9.59 Å². The van der Waals surface area contributed by atoms with Crippen LogP contribution < -0.4 is 4.90 Å². The number of likely N-dealkylation sites (tertiary alicyclic amines) is 1. The van der Waals surface area contributed by atoms with Gasteiger partial charge in [-0.25, -0.2) is 0 Å². The predicted octanol–water partition coefficient (Wildman–Crippen LogP) is -0.771. The fourth-order valence-corrected chi connectivity index (χ4v) is 2.92. The maximum absolute atomic E-state index is 12.5. The summed E-state index contributed by atoms with van der Waals surface area (Å²) >= 11 is 0. The van der Waals surface area contributed by atoms with Crippen molar-refractivity contribution in [3.05, 3.63) is 35.9 Å². The molecule has 0 bridgehead atoms. The Bertz CT molecular complexity index is 497. The Hall–Kier alpha value is -1.72. The largest absolute Gasteiger partial charge is 0.370 e. The monoisotopic (exact) mass is 275 g/mol. The van der Waals surface area contributed by atoms with Gasteiger partial charge in [0.25, 0.3) is 5.91 Å². The number of ether oxygens (including phenoxy) is 1. The average molecular weight is 275 g/mol. The van der Waals surface area contributed by atoms with Crippen LogP contribution in [0.3, 0.4) is 0 Å². The maximum atomic E-state index is 12.5. The molecule has 0 saturated carbocycles. The molecule has 1 atom stereocenters. The molecule has 2 aliphatic rings. The van der Waals surface area contributed by atoms with E-state index in [1.54, 1.807) is 0 Å². The van der Waals surface area contributed by atoms with E-state index in [-0.39, 0.29) is 17.9 Å². The highest BCUT2D eigenvalue weighted by Gasteiger charge is 2.45. The van der Waals surface area contributed by atoms with Gasteiger partial charge in [0.05, 0.1) is 26.2 Å². The Kier molecular flexibility index (Phi) is 3.80. The molecule has 0 radical (unpaired) electrons. The predicted molar refractivity (Wildman–Crippen MR) is 71.9 cm³/mol. The Morgan fingerprint density at radius 2 is 1.85 bits per heavy atom. The van der Waals surface area contributed by atoms with E-state index in [0.717, 1.165) is 18.7 Å². The third kappa shape index (κ3) is 2.59. The van der Waals surface area contributed by atoms with Gasteiger partial charge in [-0.2, -0.15) is 0 Å². The van der Waals surface area contributed by atoms with Crippen LogP contribution in [0.5, 0.6) is 0 Å². The number of hydrogen-bond acceptors (Lipinski definition) is 3. The summed E-state index contributed by atoms with van der Waals surface area (Å²) in [5.74, 6) is -0.0846. The summed E-state index contributed by atoms with van der Waals surface area (Å²) in [5, 5.41) is 0. The number of rotatable bonds is 3.